The van der Waals surface area contributed by atoms with Crippen molar-refractivity contribution in [1.29, 1.82) is 0 Å². The van der Waals surface area contributed by atoms with E-state index in [9.17, 15) is 19.8 Å². The van der Waals surface area contributed by atoms with E-state index < -0.39 is 12.1 Å². The Morgan fingerprint density at radius 2 is 0.723 bits per heavy atom. The van der Waals surface area contributed by atoms with Gasteiger partial charge in [0.05, 0.1) is 25.4 Å². The predicted molar refractivity (Wildman–Crippen MR) is 283 cm³/mol. The highest BCUT2D eigenvalue weighted by molar-refractivity contribution is 5.76. The van der Waals surface area contributed by atoms with E-state index in [-0.39, 0.29) is 18.5 Å². The number of allylic oxidation sites excluding steroid dienone is 3. The molecule has 0 radical (unpaired) electrons. The molecule has 384 valence electrons. The number of amides is 1. The topological polar surface area (TPSA) is 95.9 Å². The van der Waals surface area contributed by atoms with E-state index in [1.807, 2.05) is 6.08 Å². The number of aliphatic hydroxyl groups is 2. The molecule has 0 bridgehead atoms. The van der Waals surface area contributed by atoms with Crippen molar-refractivity contribution < 1.29 is 24.5 Å². The molecule has 0 rings (SSSR count). The van der Waals surface area contributed by atoms with Crippen molar-refractivity contribution in [3.05, 3.63) is 24.3 Å². The van der Waals surface area contributed by atoms with Crippen molar-refractivity contribution in [2.24, 2.45) is 0 Å². The van der Waals surface area contributed by atoms with Crippen molar-refractivity contribution >= 4 is 11.9 Å². The largest absolute Gasteiger partial charge is 0.466 e. The molecule has 2 unspecified atom stereocenters. The number of carbonyl (C=O) groups is 2. The summed E-state index contributed by atoms with van der Waals surface area (Å²) in [5, 5.41) is 22.9. The quantitative estimate of drug-likeness (QED) is 0.0321. The summed E-state index contributed by atoms with van der Waals surface area (Å²) in [6.07, 6.45) is 66.5. The minimum absolute atomic E-state index is 0.0118. The van der Waals surface area contributed by atoms with Crippen LogP contribution in [0.4, 0.5) is 0 Å². The third kappa shape index (κ3) is 51.6. The number of carbonyl (C=O) groups excluding carboxylic acids is 2. The van der Waals surface area contributed by atoms with Gasteiger partial charge in [-0.3, -0.25) is 9.59 Å². The first-order valence-electron chi connectivity index (χ1n) is 29.1. The summed E-state index contributed by atoms with van der Waals surface area (Å²) in [5.41, 5.74) is 0. The molecule has 0 aromatic rings. The average Bonchev–Trinajstić information content (AvgIpc) is 3.31. The molecule has 2 atom stereocenters. The lowest BCUT2D eigenvalue weighted by molar-refractivity contribution is -0.143. The summed E-state index contributed by atoms with van der Waals surface area (Å²) < 4.78 is 5.49. The van der Waals surface area contributed by atoms with Crippen LogP contribution in [-0.4, -0.2) is 47.4 Å². The molecular weight excluding hydrogens is 803 g/mol. The highest BCUT2D eigenvalue weighted by atomic mass is 16.5. The Labute approximate surface area is 405 Å². The fraction of sp³-hybridized carbons (Fsp3) is 0.898. The summed E-state index contributed by atoms with van der Waals surface area (Å²) in [5.74, 6) is -0.0663. The van der Waals surface area contributed by atoms with E-state index in [0.29, 0.717) is 19.4 Å². The molecule has 1 amide bonds. The van der Waals surface area contributed by atoms with E-state index in [4.69, 9.17) is 4.74 Å². The van der Waals surface area contributed by atoms with Crippen LogP contribution in [0, 0.1) is 0 Å². The van der Waals surface area contributed by atoms with Gasteiger partial charge < -0.3 is 20.3 Å². The Morgan fingerprint density at radius 3 is 1.09 bits per heavy atom. The van der Waals surface area contributed by atoms with Gasteiger partial charge in [-0.15, -0.1) is 0 Å². The molecule has 0 aromatic heterocycles. The second kappa shape index (κ2) is 54.9. The van der Waals surface area contributed by atoms with Crippen molar-refractivity contribution in [3.63, 3.8) is 0 Å². The molecule has 0 saturated heterocycles. The van der Waals surface area contributed by atoms with Crippen LogP contribution in [0.25, 0.3) is 0 Å². The van der Waals surface area contributed by atoms with Crippen LogP contribution in [0.15, 0.2) is 24.3 Å². The molecule has 0 aromatic carbocycles. The maximum absolute atomic E-state index is 12.4. The predicted octanol–water partition coefficient (Wildman–Crippen LogP) is 17.9. The highest BCUT2D eigenvalue weighted by Gasteiger charge is 2.18. The second-order valence-corrected chi connectivity index (χ2v) is 20.0. The van der Waals surface area contributed by atoms with Gasteiger partial charge in [-0.1, -0.05) is 269 Å². The summed E-state index contributed by atoms with van der Waals surface area (Å²) in [6.45, 7) is 4.88. The standard InChI is InChI=1S/C59H113NO5/c1-3-5-7-9-11-13-14-15-16-17-24-27-30-33-37-41-45-49-53-59(64)65-54-50-46-42-38-34-31-28-25-22-20-18-19-21-23-26-29-32-36-40-44-48-52-58(63)60-56(55-61)57(62)51-47-43-39-35-12-10-8-6-4-2/h19,21,47,51,56-57,61-62H,3-18,20,22-46,48-50,52-55H2,1-2H3,(H,60,63)/b21-19-,51-47+. The third-order valence-corrected chi connectivity index (χ3v) is 13.5. The van der Waals surface area contributed by atoms with E-state index in [1.54, 1.807) is 6.08 Å². The number of esters is 1. The van der Waals surface area contributed by atoms with Gasteiger partial charge in [0.1, 0.15) is 0 Å². The fourth-order valence-electron chi connectivity index (χ4n) is 8.98. The molecule has 0 aliphatic heterocycles. The van der Waals surface area contributed by atoms with Crippen molar-refractivity contribution in [1.82, 2.24) is 5.32 Å². The Bertz CT molecular complexity index is 1010. The summed E-state index contributed by atoms with van der Waals surface area (Å²) in [6, 6.07) is -0.631. The zero-order chi connectivity index (χ0) is 47.2. The number of unbranched alkanes of at least 4 members (excludes halogenated alkanes) is 41. The number of aliphatic hydroxyl groups excluding tert-OH is 2. The number of nitrogens with one attached hydrogen (secondary N) is 1. The van der Waals surface area contributed by atoms with Gasteiger partial charge in [-0.2, -0.15) is 0 Å². The van der Waals surface area contributed by atoms with Crippen LogP contribution in [0.2, 0.25) is 0 Å². The van der Waals surface area contributed by atoms with Crippen LogP contribution < -0.4 is 5.32 Å². The lowest BCUT2D eigenvalue weighted by atomic mass is 10.0. The molecule has 6 nitrogen and oxygen atoms in total. The molecule has 0 aliphatic carbocycles. The van der Waals surface area contributed by atoms with Crippen molar-refractivity contribution in [3.8, 4) is 0 Å². The van der Waals surface area contributed by atoms with Crippen LogP contribution in [0.1, 0.15) is 316 Å². The van der Waals surface area contributed by atoms with Crippen LogP contribution in [-0.2, 0) is 14.3 Å². The van der Waals surface area contributed by atoms with Gasteiger partial charge in [0.25, 0.3) is 0 Å². The molecule has 0 saturated carbocycles. The smallest absolute Gasteiger partial charge is 0.305 e. The highest BCUT2D eigenvalue weighted by Crippen LogP contribution is 2.17. The Balaban J connectivity index is 3.38. The van der Waals surface area contributed by atoms with Gasteiger partial charge in [0.2, 0.25) is 5.91 Å². The Morgan fingerprint density at radius 1 is 0.415 bits per heavy atom. The average molecular weight is 917 g/mol. The zero-order valence-corrected chi connectivity index (χ0v) is 43.7. The maximum atomic E-state index is 12.4. The molecule has 0 fully saturated rings. The maximum Gasteiger partial charge on any atom is 0.305 e. The van der Waals surface area contributed by atoms with Gasteiger partial charge in [-0.05, 0) is 57.8 Å². The molecular formula is C59H113NO5. The number of rotatable bonds is 54. The first kappa shape index (κ1) is 63.3. The monoisotopic (exact) mass is 916 g/mol. The summed E-state index contributed by atoms with van der Waals surface area (Å²) in [4.78, 5) is 24.5. The van der Waals surface area contributed by atoms with Crippen LogP contribution in [0.5, 0.6) is 0 Å². The minimum Gasteiger partial charge on any atom is -0.466 e. The van der Waals surface area contributed by atoms with Crippen molar-refractivity contribution in [2.45, 2.75) is 328 Å². The molecule has 0 spiro atoms. The Kier molecular flexibility index (Phi) is 53.5. The number of ether oxygens (including phenoxy) is 1. The third-order valence-electron chi connectivity index (χ3n) is 13.5. The van der Waals surface area contributed by atoms with Gasteiger partial charge >= 0.3 is 5.97 Å². The van der Waals surface area contributed by atoms with Gasteiger partial charge in [0, 0.05) is 12.8 Å². The molecule has 3 N–H and O–H groups in total. The first-order valence-corrected chi connectivity index (χ1v) is 29.1. The van der Waals surface area contributed by atoms with Crippen LogP contribution in [0.3, 0.4) is 0 Å². The van der Waals surface area contributed by atoms with Gasteiger partial charge in [0.15, 0.2) is 0 Å². The van der Waals surface area contributed by atoms with Crippen LogP contribution >= 0.6 is 0 Å². The summed E-state index contributed by atoms with van der Waals surface area (Å²) >= 11 is 0. The lowest BCUT2D eigenvalue weighted by Gasteiger charge is -2.20. The molecule has 0 heterocycles. The fourth-order valence-corrected chi connectivity index (χ4v) is 8.98. The molecule has 0 aliphatic rings. The number of hydrogen-bond acceptors (Lipinski definition) is 5. The Hall–Kier alpha value is -1.66. The molecule has 65 heavy (non-hydrogen) atoms. The van der Waals surface area contributed by atoms with E-state index in [0.717, 1.165) is 44.9 Å². The first-order chi connectivity index (χ1) is 32.0. The number of hydrogen-bond donors (Lipinski definition) is 3. The zero-order valence-electron chi connectivity index (χ0n) is 43.7. The normalized spacial score (nSPS) is 12.7. The van der Waals surface area contributed by atoms with Crippen molar-refractivity contribution in [2.75, 3.05) is 13.2 Å². The van der Waals surface area contributed by atoms with E-state index in [2.05, 4.69) is 31.3 Å². The van der Waals surface area contributed by atoms with E-state index in [1.165, 1.54) is 244 Å². The second-order valence-electron chi connectivity index (χ2n) is 20.0. The lowest BCUT2D eigenvalue weighted by Crippen LogP contribution is -2.45. The molecule has 6 heteroatoms. The summed E-state index contributed by atoms with van der Waals surface area (Å²) in [7, 11) is 0. The minimum atomic E-state index is -0.846. The van der Waals surface area contributed by atoms with E-state index >= 15 is 0 Å². The van der Waals surface area contributed by atoms with Gasteiger partial charge in [-0.25, -0.2) is 0 Å². The SMILES string of the molecule is CCCCCCCCC/C=C/C(O)C(CO)NC(=O)CCCCCCCCC/C=C\CCCCCCCCCCCCOC(=O)CCCCCCCCCCCCCCCCCCCC.